The smallest absolute Gasteiger partial charge is 0.234 e. The Bertz CT molecular complexity index is 593. The van der Waals surface area contributed by atoms with Gasteiger partial charge in [0, 0.05) is 17.1 Å². The van der Waals surface area contributed by atoms with Gasteiger partial charge in [0.15, 0.2) is 0 Å². The summed E-state index contributed by atoms with van der Waals surface area (Å²) in [6.45, 7) is 8.49. The number of amides is 1. The average Bonchev–Trinajstić information content (AvgIpc) is 3.15. The minimum Gasteiger partial charge on any atom is -0.348 e. The van der Waals surface area contributed by atoms with Crippen LogP contribution in [0.2, 0.25) is 0 Å². The van der Waals surface area contributed by atoms with Gasteiger partial charge in [-0.05, 0) is 44.7 Å². The lowest BCUT2D eigenvalue weighted by molar-refractivity contribution is -0.121. The fraction of sp³-hybridized carbons (Fsp3) is 0.500. The van der Waals surface area contributed by atoms with E-state index < -0.39 is 0 Å². The highest BCUT2D eigenvalue weighted by Gasteiger charge is 2.16. The fourth-order valence-corrected chi connectivity index (χ4v) is 2.94. The predicted octanol–water partition coefficient (Wildman–Crippen LogP) is 2.67. The molecule has 0 aliphatic rings. The normalized spacial score (nSPS) is 15.3. The molecule has 0 aliphatic heterocycles. The van der Waals surface area contributed by atoms with E-state index in [0.717, 1.165) is 5.56 Å². The molecule has 1 amide bonds. The summed E-state index contributed by atoms with van der Waals surface area (Å²) in [4.78, 5) is 13.2. The molecule has 2 aromatic rings. The Kier molecular flexibility index (Phi) is 5.74. The Balaban J connectivity index is 1.78. The number of thiophene rings is 1. The molecule has 2 N–H and O–H groups in total. The van der Waals surface area contributed by atoms with Gasteiger partial charge in [-0.3, -0.25) is 9.48 Å². The molecule has 3 atom stereocenters. The van der Waals surface area contributed by atoms with E-state index in [1.165, 1.54) is 4.88 Å². The zero-order valence-corrected chi connectivity index (χ0v) is 14.4. The summed E-state index contributed by atoms with van der Waals surface area (Å²) >= 11 is 1.66. The van der Waals surface area contributed by atoms with Crippen molar-refractivity contribution in [3.63, 3.8) is 0 Å². The van der Waals surface area contributed by atoms with E-state index in [0.29, 0.717) is 6.54 Å². The second-order valence-corrected chi connectivity index (χ2v) is 6.69. The summed E-state index contributed by atoms with van der Waals surface area (Å²) in [6.07, 6.45) is 3.86. The van der Waals surface area contributed by atoms with Crippen LogP contribution in [0.15, 0.2) is 29.9 Å². The van der Waals surface area contributed by atoms with E-state index in [2.05, 4.69) is 29.6 Å². The van der Waals surface area contributed by atoms with E-state index in [1.54, 1.807) is 11.3 Å². The molecule has 0 unspecified atom stereocenters. The molecule has 0 bridgehead atoms. The third-order valence-electron chi connectivity index (χ3n) is 3.80. The first kappa shape index (κ1) is 16.7. The van der Waals surface area contributed by atoms with Crippen LogP contribution in [0.3, 0.4) is 0 Å². The van der Waals surface area contributed by atoms with Gasteiger partial charge in [-0.1, -0.05) is 6.07 Å². The Labute approximate surface area is 135 Å². The number of aromatic nitrogens is 2. The predicted molar refractivity (Wildman–Crippen MR) is 90.0 cm³/mol. The van der Waals surface area contributed by atoms with Crippen molar-refractivity contribution in [1.82, 2.24) is 20.4 Å². The van der Waals surface area contributed by atoms with Gasteiger partial charge in [0.2, 0.25) is 5.91 Å². The molecule has 0 fully saturated rings. The summed E-state index contributed by atoms with van der Waals surface area (Å²) in [5.74, 6) is 0.0107. The molecule has 2 heterocycles. The Hall–Kier alpha value is -1.66. The molecule has 6 heteroatoms. The van der Waals surface area contributed by atoms with E-state index >= 15 is 0 Å². The summed E-state index contributed by atoms with van der Waals surface area (Å²) in [7, 11) is 0. The van der Waals surface area contributed by atoms with Crippen molar-refractivity contribution < 1.29 is 4.79 Å². The lowest BCUT2D eigenvalue weighted by Crippen LogP contribution is -2.41. The van der Waals surface area contributed by atoms with Crippen LogP contribution < -0.4 is 10.6 Å². The van der Waals surface area contributed by atoms with Gasteiger partial charge in [0.25, 0.3) is 0 Å². The highest BCUT2D eigenvalue weighted by Crippen LogP contribution is 2.17. The van der Waals surface area contributed by atoms with Crippen molar-refractivity contribution in [1.29, 1.82) is 0 Å². The Morgan fingerprint density at radius 2 is 2.18 bits per heavy atom. The summed E-state index contributed by atoms with van der Waals surface area (Å²) in [5.41, 5.74) is 1.14. The molecule has 0 aromatic carbocycles. The third kappa shape index (κ3) is 4.42. The van der Waals surface area contributed by atoms with Gasteiger partial charge < -0.3 is 10.6 Å². The Morgan fingerprint density at radius 1 is 1.41 bits per heavy atom. The van der Waals surface area contributed by atoms with Gasteiger partial charge in [-0.15, -0.1) is 11.3 Å². The lowest BCUT2D eigenvalue weighted by atomic mass is 10.1. The van der Waals surface area contributed by atoms with Gasteiger partial charge in [0.05, 0.1) is 24.8 Å². The number of rotatable bonds is 7. The van der Waals surface area contributed by atoms with Crippen molar-refractivity contribution in [2.75, 3.05) is 6.54 Å². The van der Waals surface area contributed by atoms with Gasteiger partial charge in [-0.2, -0.15) is 5.10 Å². The van der Waals surface area contributed by atoms with Crippen LogP contribution >= 0.6 is 11.3 Å². The van der Waals surface area contributed by atoms with Crippen LogP contribution in [-0.2, 0) is 4.79 Å². The maximum absolute atomic E-state index is 12.0. The quantitative estimate of drug-likeness (QED) is 0.824. The van der Waals surface area contributed by atoms with Crippen LogP contribution in [0.25, 0.3) is 0 Å². The first-order valence-corrected chi connectivity index (χ1v) is 8.42. The van der Waals surface area contributed by atoms with E-state index in [1.807, 2.05) is 48.4 Å². The maximum Gasteiger partial charge on any atom is 0.234 e. The topological polar surface area (TPSA) is 59.0 Å². The number of nitrogens with zero attached hydrogens (tertiary/aromatic N) is 2. The molecular weight excluding hydrogens is 296 g/mol. The van der Waals surface area contributed by atoms with Crippen molar-refractivity contribution in [3.05, 3.63) is 40.3 Å². The number of carbonyl (C=O) groups is 1. The van der Waals surface area contributed by atoms with Gasteiger partial charge in [-0.25, -0.2) is 0 Å². The fourth-order valence-electron chi connectivity index (χ4n) is 2.21. The van der Waals surface area contributed by atoms with Crippen LogP contribution in [0.4, 0.5) is 0 Å². The molecule has 5 nitrogen and oxygen atoms in total. The standard InChI is InChI=1S/C16H24N4OS/c1-11-8-18-20(10-11)14(4)12(2)17-9-16(21)19-13(3)15-6-5-7-22-15/h5-8,10,12-14,17H,9H2,1-4H3,(H,19,21)/t12-,13-,14-/m1/s1. The molecule has 0 saturated heterocycles. The number of aryl methyl sites for hydroxylation is 1. The number of carbonyl (C=O) groups excluding carboxylic acids is 1. The Morgan fingerprint density at radius 3 is 2.77 bits per heavy atom. The second kappa shape index (κ2) is 7.56. The van der Waals surface area contributed by atoms with Crippen molar-refractivity contribution in [2.24, 2.45) is 0 Å². The van der Waals surface area contributed by atoms with Crippen LogP contribution in [0.1, 0.15) is 43.3 Å². The maximum atomic E-state index is 12.0. The minimum atomic E-state index is 0.0107. The van der Waals surface area contributed by atoms with Crippen molar-refractivity contribution >= 4 is 17.2 Å². The SMILES string of the molecule is Cc1cnn([C@H](C)[C@@H](C)NCC(=O)N[C@H](C)c2cccs2)c1. The molecule has 0 saturated carbocycles. The van der Waals surface area contributed by atoms with E-state index in [4.69, 9.17) is 0 Å². The zero-order chi connectivity index (χ0) is 16.1. The number of hydrogen-bond acceptors (Lipinski definition) is 4. The largest absolute Gasteiger partial charge is 0.348 e. The van der Waals surface area contributed by atoms with Crippen molar-refractivity contribution in [2.45, 2.75) is 45.8 Å². The van der Waals surface area contributed by atoms with Crippen molar-refractivity contribution in [3.8, 4) is 0 Å². The number of hydrogen-bond donors (Lipinski definition) is 2. The highest BCUT2D eigenvalue weighted by molar-refractivity contribution is 7.10. The molecule has 2 aromatic heterocycles. The highest BCUT2D eigenvalue weighted by atomic mass is 32.1. The summed E-state index contributed by atoms with van der Waals surface area (Å²) in [5, 5.41) is 12.6. The summed E-state index contributed by atoms with van der Waals surface area (Å²) < 4.78 is 1.93. The molecular formula is C16H24N4OS. The monoisotopic (exact) mass is 320 g/mol. The van der Waals surface area contributed by atoms with Gasteiger partial charge in [0.1, 0.15) is 0 Å². The first-order chi connectivity index (χ1) is 10.5. The average molecular weight is 320 g/mol. The molecule has 0 aliphatic carbocycles. The number of nitrogens with one attached hydrogen (secondary N) is 2. The lowest BCUT2D eigenvalue weighted by Gasteiger charge is -2.22. The summed E-state index contributed by atoms with van der Waals surface area (Å²) in [6, 6.07) is 4.43. The van der Waals surface area contributed by atoms with Crippen LogP contribution in [-0.4, -0.2) is 28.3 Å². The van der Waals surface area contributed by atoms with E-state index in [9.17, 15) is 4.79 Å². The van der Waals surface area contributed by atoms with Crippen LogP contribution in [0.5, 0.6) is 0 Å². The first-order valence-electron chi connectivity index (χ1n) is 7.54. The van der Waals surface area contributed by atoms with Crippen LogP contribution in [0, 0.1) is 6.92 Å². The molecule has 0 spiro atoms. The van der Waals surface area contributed by atoms with Gasteiger partial charge >= 0.3 is 0 Å². The van der Waals surface area contributed by atoms with E-state index in [-0.39, 0.29) is 24.0 Å². The molecule has 0 radical (unpaired) electrons. The molecule has 2 rings (SSSR count). The molecule has 22 heavy (non-hydrogen) atoms. The molecule has 120 valence electrons. The second-order valence-electron chi connectivity index (χ2n) is 5.71. The third-order valence-corrected chi connectivity index (χ3v) is 4.86. The minimum absolute atomic E-state index is 0.0107. The zero-order valence-electron chi connectivity index (χ0n) is 13.5.